The van der Waals surface area contributed by atoms with Gasteiger partial charge in [-0.3, -0.25) is 4.79 Å². The van der Waals surface area contributed by atoms with E-state index in [1.165, 1.54) is 11.0 Å². The maximum atomic E-state index is 12.0. The van der Waals surface area contributed by atoms with E-state index >= 15 is 0 Å². The molecule has 0 saturated heterocycles. The zero-order valence-corrected chi connectivity index (χ0v) is 11.6. The first kappa shape index (κ1) is 13.7. The summed E-state index contributed by atoms with van der Waals surface area (Å²) in [6.07, 6.45) is 1.38. The number of nitrogens with zero attached hydrogens (tertiary/aromatic N) is 4. The van der Waals surface area contributed by atoms with E-state index in [9.17, 15) is 4.79 Å². The summed E-state index contributed by atoms with van der Waals surface area (Å²) in [5, 5.41) is 13.4. The van der Waals surface area contributed by atoms with Crippen molar-refractivity contribution < 1.29 is 9.53 Å². The summed E-state index contributed by atoms with van der Waals surface area (Å²) < 4.78 is 7.13. The first-order valence-corrected chi connectivity index (χ1v) is 6.64. The Morgan fingerprint density at radius 3 is 2.64 bits per heavy atom. The molecule has 0 aliphatic heterocycles. The maximum absolute atomic E-state index is 12.0. The number of aromatic nitrogens is 4. The van der Waals surface area contributed by atoms with Gasteiger partial charge in [0.25, 0.3) is 0 Å². The first-order valence-electron chi connectivity index (χ1n) is 6.64. The summed E-state index contributed by atoms with van der Waals surface area (Å²) in [6, 6.07) is 16.6. The molecule has 0 bridgehead atoms. The van der Waals surface area contributed by atoms with Crippen molar-refractivity contribution >= 4 is 11.6 Å². The van der Waals surface area contributed by atoms with Crippen LogP contribution in [-0.4, -0.2) is 26.1 Å². The van der Waals surface area contributed by atoms with Crippen LogP contribution in [0.4, 0.5) is 5.69 Å². The van der Waals surface area contributed by atoms with Crippen molar-refractivity contribution in [2.24, 2.45) is 0 Å². The molecule has 1 aromatic heterocycles. The number of hydrogen-bond acceptors (Lipinski definition) is 5. The predicted octanol–water partition coefficient (Wildman–Crippen LogP) is 2.10. The van der Waals surface area contributed by atoms with Gasteiger partial charge in [0.2, 0.25) is 5.91 Å². The van der Waals surface area contributed by atoms with Gasteiger partial charge < -0.3 is 10.1 Å². The number of carbonyl (C=O) groups is 1. The van der Waals surface area contributed by atoms with Crippen LogP contribution >= 0.6 is 0 Å². The molecule has 0 unspecified atom stereocenters. The minimum absolute atomic E-state index is 0.0344. The van der Waals surface area contributed by atoms with Gasteiger partial charge in [-0.25, -0.2) is 4.68 Å². The number of nitrogens with one attached hydrogen (secondary N) is 1. The molecule has 0 atom stereocenters. The Morgan fingerprint density at radius 2 is 1.86 bits per heavy atom. The average molecular weight is 295 g/mol. The smallest absolute Gasteiger partial charge is 0.246 e. The Labute approximate surface area is 126 Å². The summed E-state index contributed by atoms with van der Waals surface area (Å²) in [6.45, 7) is 0.0344. The van der Waals surface area contributed by atoms with Crippen molar-refractivity contribution in [3.63, 3.8) is 0 Å². The summed E-state index contributed by atoms with van der Waals surface area (Å²) in [4.78, 5) is 12.0. The van der Waals surface area contributed by atoms with Crippen LogP contribution in [-0.2, 0) is 11.3 Å². The van der Waals surface area contributed by atoms with Crippen molar-refractivity contribution in [1.82, 2.24) is 20.2 Å². The molecule has 110 valence electrons. The lowest BCUT2D eigenvalue weighted by atomic mass is 10.3. The SMILES string of the molecule is O=C(Cn1cnnn1)Nc1ccccc1Oc1ccccc1. The molecule has 0 saturated carbocycles. The lowest BCUT2D eigenvalue weighted by molar-refractivity contribution is -0.116. The molecule has 1 heterocycles. The number of ether oxygens (including phenoxy) is 1. The topological polar surface area (TPSA) is 81.9 Å². The number of anilines is 1. The summed E-state index contributed by atoms with van der Waals surface area (Å²) in [5.74, 6) is 1.03. The van der Waals surface area contributed by atoms with Crippen LogP contribution in [0.15, 0.2) is 60.9 Å². The fourth-order valence-electron chi connectivity index (χ4n) is 1.86. The van der Waals surface area contributed by atoms with Gasteiger partial charge in [-0.2, -0.15) is 0 Å². The third-order valence-electron chi connectivity index (χ3n) is 2.83. The molecule has 0 radical (unpaired) electrons. The number of rotatable bonds is 5. The van der Waals surface area contributed by atoms with Gasteiger partial charge in [-0.15, -0.1) is 5.10 Å². The van der Waals surface area contributed by atoms with Gasteiger partial charge in [0.15, 0.2) is 5.75 Å². The van der Waals surface area contributed by atoms with E-state index in [0.717, 1.165) is 0 Å². The van der Waals surface area contributed by atoms with E-state index in [0.29, 0.717) is 17.2 Å². The zero-order valence-electron chi connectivity index (χ0n) is 11.6. The normalized spacial score (nSPS) is 10.2. The molecule has 0 fully saturated rings. The zero-order chi connectivity index (χ0) is 15.2. The highest BCUT2D eigenvalue weighted by atomic mass is 16.5. The number of para-hydroxylation sites is 3. The van der Waals surface area contributed by atoms with E-state index in [1.807, 2.05) is 42.5 Å². The monoisotopic (exact) mass is 295 g/mol. The Hall–Kier alpha value is -3.22. The Bertz CT molecular complexity index is 744. The summed E-state index contributed by atoms with van der Waals surface area (Å²) in [7, 11) is 0. The number of tetrazole rings is 1. The number of amides is 1. The molecule has 2 aromatic carbocycles. The quantitative estimate of drug-likeness (QED) is 0.779. The van der Waals surface area contributed by atoms with Crippen LogP contribution in [0, 0.1) is 0 Å². The summed E-state index contributed by atoms with van der Waals surface area (Å²) in [5.41, 5.74) is 0.587. The van der Waals surface area contributed by atoms with Crippen molar-refractivity contribution in [2.45, 2.75) is 6.54 Å². The predicted molar refractivity (Wildman–Crippen MR) is 79.4 cm³/mol. The molecule has 0 aliphatic rings. The third kappa shape index (κ3) is 3.45. The van der Waals surface area contributed by atoms with Crippen LogP contribution in [0.2, 0.25) is 0 Å². The molecule has 3 aromatic rings. The standard InChI is InChI=1S/C15H13N5O2/c21-15(10-20-11-16-18-19-20)17-13-8-4-5-9-14(13)22-12-6-2-1-3-7-12/h1-9,11H,10H2,(H,17,21). The fourth-order valence-corrected chi connectivity index (χ4v) is 1.86. The second kappa shape index (κ2) is 6.49. The molecule has 0 aliphatic carbocycles. The Kier molecular flexibility index (Phi) is 4.05. The first-order chi connectivity index (χ1) is 10.8. The van der Waals surface area contributed by atoms with Crippen molar-refractivity contribution in [1.29, 1.82) is 0 Å². The fraction of sp³-hybridized carbons (Fsp3) is 0.0667. The highest BCUT2D eigenvalue weighted by Gasteiger charge is 2.09. The van der Waals surface area contributed by atoms with Crippen LogP contribution in [0.5, 0.6) is 11.5 Å². The van der Waals surface area contributed by atoms with Crippen molar-refractivity contribution in [3.05, 3.63) is 60.9 Å². The molecule has 1 N–H and O–H groups in total. The molecule has 22 heavy (non-hydrogen) atoms. The molecular formula is C15H13N5O2. The highest BCUT2D eigenvalue weighted by molar-refractivity contribution is 5.92. The van der Waals surface area contributed by atoms with Gasteiger partial charge in [0, 0.05) is 0 Å². The molecule has 7 heteroatoms. The number of carbonyl (C=O) groups excluding carboxylic acids is 1. The van der Waals surface area contributed by atoms with Gasteiger partial charge in [0.05, 0.1) is 5.69 Å². The molecule has 0 spiro atoms. The third-order valence-corrected chi connectivity index (χ3v) is 2.83. The molecule has 3 rings (SSSR count). The van der Waals surface area contributed by atoms with E-state index < -0.39 is 0 Å². The molecule has 7 nitrogen and oxygen atoms in total. The van der Waals surface area contributed by atoms with Crippen molar-refractivity contribution in [3.8, 4) is 11.5 Å². The average Bonchev–Trinajstić information content (AvgIpc) is 3.03. The molecular weight excluding hydrogens is 282 g/mol. The number of benzene rings is 2. The van der Waals surface area contributed by atoms with Crippen LogP contribution in [0.1, 0.15) is 0 Å². The van der Waals surface area contributed by atoms with Crippen LogP contribution < -0.4 is 10.1 Å². The van der Waals surface area contributed by atoms with Crippen LogP contribution in [0.3, 0.4) is 0 Å². The lowest BCUT2D eigenvalue weighted by Gasteiger charge is -2.12. The number of hydrogen-bond donors (Lipinski definition) is 1. The summed E-state index contributed by atoms with van der Waals surface area (Å²) >= 11 is 0. The van der Waals surface area contributed by atoms with Gasteiger partial charge in [-0.1, -0.05) is 30.3 Å². The molecule has 1 amide bonds. The van der Waals surface area contributed by atoms with E-state index in [2.05, 4.69) is 20.8 Å². The second-order valence-electron chi connectivity index (χ2n) is 4.47. The largest absolute Gasteiger partial charge is 0.455 e. The minimum Gasteiger partial charge on any atom is -0.455 e. The van der Waals surface area contributed by atoms with E-state index in [1.54, 1.807) is 12.1 Å². The van der Waals surface area contributed by atoms with E-state index in [-0.39, 0.29) is 12.5 Å². The highest BCUT2D eigenvalue weighted by Crippen LogP contribution is 2.28. The Morgan fingerprint density at radius 1 is 1.09 bits per heavy atom. The van der Waals surface area contributed by atoms with Crippen molar-refractivity contribution in [2.75, 3.05) is 5.32 Å². The minimum atomic E-state index is -0.239. The maximum Gasteiger partial charge on any atom is 0.246 e. The van der Waals surface area contributed by atoms with E-state index in [4.69, 9.17) is 4.74 Å². The Balaban J connectivity index is 1.72. The lowest BCUT2D eigenvalue weighted by Crippen LogP contribution is -2.19. The van der Waals surface area contributed by atoms with Gasteiger partial charge >= 0.3 is 0 Å². The van der Waals surface area contributed by atoms with Gasteiger partial charge in [-0.05, 0) is 34.7 Å². The van der Waals surface area contributed by atoms with Gasteiger partial charge in [0.1, 0.15) is 18.6 Å². The van der Waals surface area contributed by atoms with Crippen LogP contribution in [0.25, 0.3) is 0 Å². The second-order valence-corrected chi connectivity index (χ2v) is 4.47.